The number of hydrogen-bond donors (Lipinski definition) is 0. The lowest BCUT2D eigenvalue weighted by molar-refractivity contribution is -0.140. The van der Waals surface area contributed by atoms with Gasteiger partial charge >= 0.3 is 5.97 Å². The molecule has 3 nitrogen and oxygen atoms in total. The molecule has 0 fully saturated rings. The van der Waals surface area contributed by atoms with Crippen molar-refractivity contribution in [3.05, 3.63) is 70.4 Å². The van der Waals surface area contributed by atoms with Gasteiger partial charge in [0.15, 0.2) is 0 Å². The number of carbonyl (C=O) groups is 1. The Labute approximate surface area is 135 Å². The van der Waals surface area contributed by atoms with Gasteiger partial charge < -0.3 is 9.47 Å². The van der Waals surface area contributed by atoms with Gasteiger partial charge in [0.05, 0.1) is 6.61 Å². The summed E-state index contributed by atoms with van der Waals surface area (Å²) in [7, 11) is 0. The topological polar surface area (TPSA) is 35.5 Å². The maximum atomic E-state index is 12.0. The molecule has 0 aliphatic rings. The average molecular weight is 317 g/mol. The van der Waals surface area contributed by atoms with E-state index in [-0.39, 0.29) is 12.4 Å². The van der Waals surface area contributed by atoms with E-state index in [4.69, 9.17) is 21.1 Å². The van der Waals surface area contributed by atoms with Crippen LogP contribution in [0.25, 0.3) is 6.08 Å². The molecule has 0 spiro atoms. The molecule has 0 saturated heterocycles. The standard InChI is InChI=1S/C18H17ClO3/c1-3-21-18(20)17(12-14-6-8-15(19)9-7-14)22-16-10-4-13(2)5-11-16/h4-12H,3H2,1-2H3/b17-12-. The van der Waals surface area contributed by atoms with Crippen molar-refractivity contribution in [3.63, 3.8) is 0 Å². The van der Waals surface area contributed by atoms with Gasteiger partial charge in [-0.15, -0.1) is 0 Å². The summed E-state index contributed by atoms with van der Waals surface area (Å²) >= 11 is 5.86. The largest absolute Gasteiger partial charge is 0.460 e. The minimum Gasteiger partial charge on any atom is -0.460 e. The summed E-state index contributed by atoms with van der Waals surface area (Å²) in [6.45, 7) is 4.03. The number of aryl methyl sites for hydroxylation is 1. The molecule has 0 heterocycles. The second kappa shape index (κ2) is 7.66. The predicted octanol–water partition coefficient (Wildman–Crippen LogP) is 4.63. The van der Waals surface area contributed by atoms with Gasteiger partial charge in [0.25, 0.3) is 0 Å². The number of benzene rings is 2. The zero-order valence-corrected chi connectivity index (χ0v) is 13.3. The molecule has 0 aromatic heterocycles. The number of ether oxygens (including phenoxy) is 2. The molecule has 0 atom stereocenters. The van der Waals surface area contributed by atoms with Crippen molar-refractivity contribution in [1.82, 2.24) is 0 Å². The van der Waals surface area contributed by atoms with E-state index in [1.54, 1.807) is 37.3 Å². The van der Waals surface area contributed by atoms with Crippen molar-refractivity contribution in [2.45, 2.75) is 13.8 Å². The van der Waals surface area contributed by atoms with Gasteiger partial charge in [0, 0.05) is 5.02 Å². The Hall–Kier alpha value is -2.26. The summed E-state index contributed by atoms with van der Waals surface area (Å²) in [4.78, 5) is 12.0. The van der Waals surface area contributed by atoms with Gasteiger partial charge in [0.2, 0.25) is 5.76 Å². The lowest BCUT2D eigenvalue weighted by Gasteiger charge is -2.10. The van der Waals surface area contributed by atoms with Crippen LogP contribution in [0.2, 0.25) is 5.02 Å². The summed E-state index contributed by atoms with van der Waals surface area (Å²) < 4.78 is 10.7. The summed E-state index contributed by atoms with van der Waals surface area (Å²) in [6.07, 6.45) is 1.63. The predicted molar refractivity (Wildman–Crippen MR) is 87.9 cm³/mol. The van der Waals surface area contributed by atoms with Crippen molar-refractivity contribution < 1.29 is 14.3 Å². The normalized spacial score (nSPS) is 11.1. The van der Waals surface area contributed by atoms with Crippen LogP contribution in [0.5, 0.6) is 5.75 Å². The first kappa shape index (κ1) is 16.1. The van der Waals surface area contributed by atoms with E-state index in [0.29, 0.717) is 10.8 Å². The zero-order valence-electron chi connectivity index (χ0n) is 12.5. The fraction of sp³-hybridized carbons (Fsp3) is 0.167. The second-order valence-electron chi connectivity index (χ2n) is 4.70. The first-order chi connectivity index (χ1) is 10.6. The molecule has 2 rings (SSSR count). The van der Waals surface area contributed by atoms with E-state index < -0.39 is 5.97 Å². The number of hydrogen-bond acceptors (Lipinski definition) is 3. The van der Waals surface area contributed by atoms with Gasteiger partial charge in [-0.05, 0) is 49.8 Å². The lowest BCUT2D eigenvalue weighted by Crippen LogP contribution is -2.12. The third-order valence-electron chi connectivity index (χ3n) is 2.89. The van der Waals surface area contributed by atoms with Crippen LogP contribution in [0.1, 0.15) is 18.1 Å². The van der Waals surface area contributed by atoms with E-state index in [1.165, 1.54) is 0 Å². The van der Waals surface area contributed by atoms with E-state index >= 15 is 0 Å². The van der Waals surface area contributed by atoms with Crippen LogP contribution in [-0.2, 0) is 9.53 Å². The molecule has 2 aromatic rings. The number of carbonyl (C=O) groups excluding carboxylic acids is 1. The van der Waals surface area contributed by atoms with Crippen LogP contribution in [-0.4, -0.2) is 12.6 Å². The van der Waals surface area contributed by atoms with Crippen LogP contribution in [0.4, 0.5) is 0 Å². The summed E-state index contributed by atoms with van der Waals surface area (Å²) in [5.74, 6) is 0.213. The number of esters is 1. The Bertz CT molecular complexity index is 658. The monoisotopic (exact) mass is 316 g/mol. The number of rotatable bonds is 5. The Morgan fingerprint density at radius 3 is 2.32 bits per heavy atom. The number of halogens is 1. The molecule has 0 bridgehead atoms. The maximum Gasteiger partial charge on any atom is 0.374 e. The van der Waals surface area contributed by atoms with E-state index in [9.17, 15) is 4.79 Å². The molecule has 4 heteroatoms. The summed E-state index contributed by atoms with van der Waals surface area (Å²) in [5, 5.41) is 0.634. The third-order valence-corrected chi connectivity index (χ3v) is 3.15. The molecular weight excluding hydrogens is 300 g/mol. The van der Waals surface area contributed by atoms with Crippen molar-refractivity contribution in [1.29, 1.82) is 0 Å². The molecule has 114 valence electrons. The van der Waals surface area contributed by atoms with E-state index in [1.807, 2.05) is 31.2 Å². The summed E-state index contributed by atoms with van der Waals surface area (Å²) in [6, 6.07) is 14.6. The zero-order chi connectivity index (χ0) is 15.9. The van der Waals surface area contributed by atoms with Crippen LogP contribution < -0.4 is 4.74 Å². The van der Waals surface area contributed by atoms with E-state index in [2.05, 4.69) is 0 Å². The van der Waals surface area contributed by atoms with Gasteiger partial charge in [-0.2, -0.15) is 0 Å². The molecule has 2 aromatic carbocycles. The van der Waals surface area contributed by atoms with Gasteiger partial charge in [-0.1, -0.05) is 41.4 Å². The molecule has 0 radical (unpaired) electrons. The molecular formula is C18H17ClO3. The minimum atomic E-state index is -0.502. The van der Waals surface area contributed by atoms with Crippen LogP contribution >= 0.6 is 11.6 Å². The van der Waals surface area contributed by atoms with Crippen molar-refractivity contribution in [2.75, 3.05) is 6.61 Å². The maximum absolute atomic E-state index is 12.0. The fourth-order valence-corrected chi connectivity index (χ4v) is 1.90. The van der Waals surface area contributed by atoms with Crippen molar-refractivity contribution >= 4 is 23.6 Å². The molecule has 22 heavy (non-hydrogen) atoms. The van der Waals surface area contributed by atoms with Gasteiger partial charge in [-0.3, -0.25) is 0 Å². The molecule has 0 N–H and O–H groups in total. The highest BCUT2D eigenvalue weighted by atomic mass is 35.5. The fourth-order valence-electron chi connectivity index (χ4n) is 1.78. The lowest BCUT2D eigenvalue weighted by atomic mass is 10.2. The van der Waals surface area contributed by atoms with Crippen molar-refractivity contribution in [3.8, 4) is 5.75 Å². The SMILES string of the molecule is CCOC(=O)/C(=C/c1ccc(Cl)cc1)Oc1ccc(C)cc1. The Morgan fingerprint density at radius 1 is 1.09 bits per heavy atom. The van der Waals surface area contributed by atoms with Gasteiger partial charge in [-0.25, -0.2) is 4.79 Å². The molecule has 0 aliphatic carbocycles. The summed E-state index contributed by atoms with van der Waals surface area (Å²) in [5.41, 5.74) is 1.92. The molecule has 0 aliphatic heterocycles. The first-order valence-electron chi connectivity index (χ1n) is 6.97. The first-order valence-corrected chi connectivity index (χ1v) is 7.35. The minimum absolute atomic E-state index is 0.132. The Morgan fingerprint density at radius 2 is 1.73 bits per heavy atom. The van der Waals surface area contributed by atoms with Crippen molar-refractivity contribution in [2.24, 2.45) is 0 Å². The highest BCUT2D eigenvalue weighted by Gasteiger charge is 2.13. The second-order valence-corrected chi connectivity index (χ2v) is 5.13. The van der Waals surface area contributed by atoms with Crippen LogP contribution in [0.15, 0.2) is 54.3 Å². The molecule has 0 amide bonds. The Kier molecular flexibility index (Phi) is 5.61. The van der Waals surface area contributed by atoms with Gasteiger partial charge in [0.1, 0.15) is 5.75 Å². The molecule has 0 unspecified atom stereocenters. The average Bonchev–Trinajstić information content (AvgIpc) is 2.51. The van der Waals surface area contributed by atoms with Crippen LogP contribution in [0, 0.1) is 6.92 Å². The third kappa shape index (κ3) is 4.64. The Balaban J connectivity index is 2.27. The smallest absolute Gasteiger partial charge is 0.374 e. The highest BCUT2D eigenvalue weighted by Crippen LogP contribution is 2.18. The highest BCUT2D eigenvalue weighted by molar-refractivity contribution is 6.30. The van der Waals surface area contributed by atoms with Crippen LogP contribution in [0.3, 0.4) is 0 Å². The van der Waals surface area contributed by atoms with E-state index in [0.717, 1.165) is 11.1 Å². The quantitative estimate of drug-likeness (QED) is 0.458. The molecule has 0 saturated carbocycles.